The number of nitrogens with zero attached hydrogens (tertiary/aromatic N) is 2. The zero-order chi connectivity index (χ0) is 10.9. The number of unbranched alkanes of at least 4 members (excludes halogenated alkanes) is 3. The van der Waals surface area contributed by atoms with Gasteiger partial charge in [0.2, 0.25) is 0 Å². The Labute approximate surface area is 96.6 Å². The van der Waals surface area contributed by atoms with E-state index in [-0.39, 0.29) is 0 Å². The predicted octanol–water partition coefficient (Wildman–Crippen LogP) is 3.16. The maximum absolute atomic E-state index is 4.30. The fourth-order valence-corrected chi connectivity index (χ4v) is 2.17. The summed E-state index contributed by atoms with van der Waals surface area (Å²) in [7, 11) is 0. The van der Waals surface area contributed by atoms with Gasteiger partial charge in [0.15, 0.2) is 0 Å². The molecular weight excluding hydrogens is 206 g/mol. The van der Waals surface area contributed by atoms with Gasteiger partial charge in [-0.1, -0.05) is 39.5 Å². The van der Waals surface area contributed by atoms with Crippen molar-refractivity contribution in [2.24, 2.45) is 0 Å². The molecule has 0 saturated heterocycles. The van der Waals surface area contributed by atoms with Crippen molar-refractivity contribution in [1.82, 2.24) is 14.1 Å². The van der Waals surface area contributed by atoms with E-state index in [0.717, 1.165) is 12.2 Å². The molecule has 1 aromatic rings. The summed E-state index contributed by atoms with van der Waals surface area (Å²) >= 11 is 1.30. The van der Waals surface area contributed by atoms with E-state index < -0.39 is 0 Å². The molecule has 1 rings (SSSR count). The second kappa shape index (κ2) is 7.77. The Hall–Kier alpha value is -0.480. The van der Waals surface area contributed by atoms with Gasteiger partial charge in [-0.15, -0.1) is 0 Å². The summed E-state index contributed by atoms with van der Waals surface area (Å²) in [5, 5.41) is 3.47. The molecule has 0 spiro atoms. The van der Waals surface area contributed by atoms with Crippen LogP contribution in [0.5, 0.6) is 0 Å². The van der Waals surface area contributed by atoms with Crippen molar-refractivity contribution in [2.75, 3.05) is 6.54 Å². The lowest BCUT2D eigenvalue weighted by Crippen LogP contribution is -2.21. The highest BCUT2D eigenvalue weighted by Gasteiger charge is 2.11. The topological polar surface area (TPSA) is 37.8 Å². The van der Waals surface area contributed by atoms with Crippen LogP contribution in [0.15, 0.2) is 6.20 Å². The Bertz CT molecular complexity index is 236. The first-order chi connectivity index (χ1) is 7.38. The predicted molar refractivity (Wildman–Crippen MR) is 65.1 cm³/mol. The molecule has 3 nitrogen and oxygen atoms in total. The third kappa shape index (κ3) is 4.71. The molecule has 0 aromatic carbocycles. The standard InChI is InChI=1S/C11H21N3S/c1-3-5-6-7-8-10(12-4-2)11-9-13-15-14-11/h9-10,12H,3-8H2,1-2H3. The average molecular weight is 227 g/mol. The molecule has 1 heterocycles. The smallest absolute Gasteiger partial charge is 0.0912 e. The van der Waals surface area contributed by atoms with Gasteiger partial charge in [-0.3, -0.25) is 0 Å². The van der Waals surface area contributed by atoms with Gasteiger partial charge < -0.3 is 5.32 Å². The summed E-state index contributed by atoms with van der Waals surface area (Å²) in [6, 6.07) is 0.408. The molecule has 0 aliphatic rings. The third-order valence-electron chi connectivity index (χ3n) is 2.53. The number of hydrogen-bond donors (Lipinski definition) is 1. The zero-order valence-corrected chi connectivity index (χ0v) is 10.5. The minimum absolute atomic E-state index is 0.408. The minimum Gasteiger partial charge on any atom is -0.309 e. The minimum atomic E-state index is 0.408. The van der Waals surface area contributed by atoms with Gasteiger partial charge in [-0.05, 0) is 13.0 Å². The van der Waals surface area contributed by atoms with Gasteiger partial charge in [0, 0.05) is 0 Å². The van der Waals surface area contributed by atoms with Gasteiger partial charge in [-0.25, -0.2) is 0 Å². The van der Waals surface area contributed by atoms with Gasteiger partial charge in [0.05, 0.1) is 29.7 Å². The molecule has 0 fully saturated rings. The number of aromatic nitrogens is 2. The molecule has 0 aliphatic carbocycles. The van der Waals surface area contributed by atoms with Crippen LogP contribution in [-0.2, 0) is 0 Å². The van der Waals surface area contributed by atoms with E-state index in [1.54, 1.807) is 0 Å². The van der Waals surface area contributed by atoms with E-state index in [9.17, 15) is 0 Å². The summed E-state index contributed by atoms with van der Waals surface area (Å²) in [6.07, 6.45) is 8.31. The molecular formula is C11H21N3S. The van der Waals surface area contributed by atoms with Gasteiger partial charge in [-0.2, -0.15) is 8.75 Å². The number of rotatable bonds is 8. The van der Waals surface area contributed by atoms with Crippen molar-refractivity contribution in [3.8, 4) is 0 Å². The maximum atomic E-state index is 4.30. The monoisotopic (exact) mass is 227 g/mol. The quantitative estimate of drug-likeness (QED) is 0.693. The van der Waals surface area contributed by atoms with Crippen molar-refractivity contribution in [1.29, 1.82) is 0 Å². The van der Waals surface area contributed by atoms with Crippen LogP contribution in [0.3, 0.4) is 0 Å². The SMILES string of the molecule is CCCCCCC(NCC)c1cnsn1. The van der Waals surface area contributed by atoms with Gasteiger partial charge in [0.1, 0.15) is 0 Å². The van der Waals surface area contributed by atoms with Crippen LogP contribution in [0, 0.1) is 0 Å². The second-order valence-corrected chi connectivity index (χ2v) is 4.35. The molecule has 4 heteroatoms. The molecule has 15 heavy (non-hydrogen) atoms. The maximum Gasteiger partial charge on any atom is 0.0912 e. The van der Waals surface area contributed by atoms with Crippen LogP contribution in [0.1, 0.15) is 57.7 Å². The first-order valence-corrected chi connectivity index (χ1v) is 6.62. The lowest BCUT2D eigenvalue weighted by molar-refractivity contribution is 0.475. The van der Waals surface area contributed by atoms with E-state index in [0.29, 0.717) is 6.04 Å². The van der Waals surface area contributed by atoms with Crippen LogP contribution in [-0.4, -0.2) is 15.3 Å². The first-order valence-electron chi connectivity index (χ1n) is 5.89. The summed E-state index contributed by atoms with van der Waals surface area (Å²) in [6.45, 7) is 5.38. The number of nitrogens with one attached hydrogen (secondary N) is 1. The summed E-state index contributed by atoms with van der Waals surface area (Å²) in [5.41, 5.74) is 1.11. The molecule has 1 aromatic heterocycles. The molecule has 0 aliphatic heterocycles. The van der Waals surface area contributed by atoms with Crippen LogP contribution in [0.25, 0.3) is 0 Å². The van der Waals surface area contributed by atoms with Crippen LogP contribution in [0.2, 0.25) is 0 Å². The Morgan fingerprint density at radius 3 is 2.80 bits per heavy atom. The van der Waals surface area contributed by atoms with E-state index in [4.69, 9.17) is 0 Å². The summed E-state index contributed by atoms with van der Waals surface area (Å²) in [5.74, 6) is 0. The second-order valence-electron chi connectivity index (χ2n) is 3.79. The summed E-state index contributed by atoms with van der Waals surface area (Å²) in [4.78, 5) is 0. The molecule has 0 radical (unpaired) electrons. The average Bonchev–Trinajstić information content (AvgIpc) is 2.76. The Kier molecular flexibility index (Phi) is 6.52. The van der Waals surface area contributed by atoms with Crippen LogP contribution in [0.4, 0.5) is 0 Å². The Morgan fingerprint density at radius 2 is 2.20 bits per heavy atom. The normalized spacial score (nSPS) is 12.9. The third-order valence-corrected chi connectivity index (χ3v) is 3.02. The van der Waals surface area contributed by atoms with E-state index >= 15 is 0 Å². The molecule has 86 valence electrons. The highest BCUT2D eigenvalue weighted by atomic mass is 32.1. The van der Waals surface area contributed by atoms with Gasteiger partial charge in [0.25, 0.3) is 0 Å². The highest BCUT2D eigenvalue weighted by Crippen LogP contribution is 2.18. The van der Waals surface area contributed by atoms with Crippen molar-refractivity contribution in [3.63, 3.8) is 0 Å². The molecule has 0 amide bonds. The largest absolute Gasteiger partial charge is 0.309 e. The van der Waals surface area contributed by atoms with Crippen LogP contribution >= 0.6 is 11.7 Å². The van der Waals surface area contributed by atoms with Crippen molar-refractivity contribution < 1.29 is 0 Å². The highest BCUT2D eigenvalue weighted by molar-refractivity contribution is 6.99. The fraction of sp³-hybridized carbons (Fsp3) is 0.818. The molecule has 1 atom stereocenters. The van der Waals surface area contributed by atoms with E-state index in [1.807, 2.05) is 6.20 Å². The molecule has 0 saturated carbocycles. The Balaban J connectivity index is 2.31. The van der Waals surface area contributed by atoms with Crippen molar-refractivity contribution in [3.05, 3.63) is 11.9 Å². The molecule has 1 N–H and O–H groups in total. The summed E-state index contributed by atoms with van der Waals surface area (Å²) < 4.78 is 8.36. The number of hydrogen-bond acceptors (Lipinski definition) is 4. The fourth-order valence-electron chi connectivity index (χ4n) is 1.70. The Morgan fingerprint density at radius 1 is 1.33 bits per heavy atom. The van der Waals surface area contributed by atoms with Crippen LogP contribution < -0.4 is 5.32 Å². The van der Waals surface area contributed by atoms with Crippen molar-refractivity contribution >= 4 is 11.7 Å². The van der Waals surface area contributed by atoms with E-state index in [2.05, 4.69) is 27.9 Å². The van der Waals surface area contributed by atoms with Crippen molar-refractivity contribution in [2.45, 2.75) is 52.0 Å². The molecule has 1 unspecified atom stereocenters. The molecule has 0 bridgehead atoms. The first kappa shape index (κ1) is 12.6. The lowest BCUT2D eigenvalue weighted by Gasteiger charge is -2.14. The lowest BCUT2D eigenvalue weighted by atomic mass is 10.1. The van der Waals surface area contributed by atoms with Gasteiger partial charge >= 0.3 is 0 Å². The van der Waals surface area contributed by atoms with E-state index in [1.165, 1.54) is 43.8 Å². The zero-order valence-electron chi connectivity index (χ0n) is 9.70.